The lowest BCUT2D eigenvalue weighted by atomic mass is 9.99. The first-order valence-electron chi connectivity index (χ1n) is 8.33. The van der Waals surface area contributed by atoms with Crippen LogP contribution in [0, 0.1) is 5.92 Å². The lowest BCUT2D eigenvalue weighted by Gasteiger charge is -2.34. The smallest absolute Gasteiger partial charge is 0.273 e. The molecule has 2 aliphatic heterocycles. The third-order valence-electron chi connectivity index (χ3n) is 4.52. The molecule has 122 valence electrons. The van der Waals surface area contributed by atoms with Crippen molar-refractivity contribution in [3.05, 3.63) is 11.6 Å². The molecular weight excluding hydrogens is 298 g/mol. The number of aromatic nitrogens is 1. The van der Waals surface area contributed by atoms with E-state index in [1.807, 2.05) is 10.3 Å². The summed E-state index contributed by atoms with van der Waals surface area (Å²) in [5.41, 5.74) is 0. The summed E-state index contributed by atoms with van der Waals surface area (Å²) in [5, 5.41) is 2.68. The molecule has 2 aliphatic rings. The molecule has 0 aliphatic carbocycles. The quantitative estimate of drug-likeness (QED) is 0.834. The number of piperidine rings is 2. The van der Waals surface area contributed by atoms with Gasteiger partial charge in [-0.1, -0.05) is 11.3 Å². The predicted octanol–water partition coefficient (Wildman–Crippen LogP) is 2.25. The van der Waals surface area contributed by atoms with Gasteiger partial charge in [0, 0.05) is 37.1 Å². The molecule has 3 heterocycles. The second kappa shape index (κ2) is 7.92. The molecule has 1 unspecified atom stereocenters. The Hall–Kier alpha value is -1.14. The number of likely N-dealkylation sites (tertiary alicyclic amines) is 2. The van der Waals surface area contributed by atoms with Crippen molar-refractivity contribution in [3.63, 3.8) is 0 Å². The van der Waals surface area contributed by atoms with Crippen LogP contribution in [0.15, 0.2) is 11.6 Å². The molecule has 2 saturated heterocycles. The monoisotopic (exact) mass is 323 g/mol. The fourth-order valence-electron chi connectivity index (χ4n) is 3.34. The molecular formula is C16H25N3O2S. The van der Waals surface area contributed by atoms with Gasteiger partial charge in [0.05, 0.1) is 13.2 Å². The van der Waals surface area contributed by atoms with Crippen LogP contribution in [0.3, 0.4) is 0 Å². The topological polar surface area (TPSA) is 45.7 Å². The van der Waals surface area contributed by atoms with Gasteiger partial charge >= 0.3 is 0 Å². The Labute approximate surface area is 136 Å². The molecule has 1 aromatic heterocycles. The van der Waals surface area contributed by atoms with E-state index in [0.717, 1.165) is 50.6 Å². The van der Waals surface area contributed by atoms with E-state index in [4.69, 9.17) is 4.74 Å². The number of carbonyl (C=O) groups is 1. The second-order valence-electron chi connectivity index (χ2n) is 6.29. The first-order valence-corrected chi connectivity index (χ1v) is 9.21. The molecule has 0 N–H and O–H groups in total. The highest BCUT2D eigenvalue weighted by atomic mass is 32.1. The van der Waals surface area contributed by atoms with Crippen LogP contribution in [0.5, 0.6) is 5.19 Å². The Balaban J connectivity index is 1.42. The normalized spacial score (nSPS) is 23.5. The molecule has 0 saturated carbocycles. The van der Waals surface area contributed by atoms with E-state index >= 15 is 0 Å². The molecule has 1 atom stereocenters. The van der Waals surface area contributed by atoms with E-state index in [1.54, 1.807) is 6.20 Å². The maximum Gasteiger partial charge on any atom is 0.273 e. The Morgan fingerprint density at radius 3 is 2.91 bits per heavy atom. The van der Waals surface area contributed by atoms with Crippen molar-refractivity contribution in [2.24, 2.45) is 5.92 Å². The third kappa shape index (κ3) is 4.43. The van der Waals surface area contributed by atoms with Crippen LogP contribution < -0.4 is 4.74 Å². The van der Waals surface area contributed by atoms with Crippen molar-refractivity contribution in [2.75, 3.05) is 39.3 Å². The van der Waals surface area contributed by atoms with Gasteiger partial charge in [-0.2, -0.15) is 0 Å². The lowest BCUT2D eigenvalue weighted by molar-refractivity contribution is -0.133. The van der Waals surface area contributed by atoms with Crippen molar-refractivity contribution >= 4 is 17.2 Å². The van der Waals surface area contributed by atoms with Gasteiger partial charge < -0.3 is 9.64 Å². The number of amides is 1. The SMILES string of the molecule is O=C(CN1CCCC(COc2nccs2)C1)N1CCCCC1. The molecule has 1 aromatic rings. The van der Waals surface area contributed by atoms with Gasteiger partial charge in [-0.15, -0.1) is 0 Å². The van der Waals surface area contributed by atoms with Gasteiger partial charge in [-0.25, -0.2) is 4.98 Å². The number of rotatable bonds is 5. The second-order valence-corrected chi connectivity index (χ2v) is 7.15. The Morgan fingerprint density at radius 1 is 1.27 bits per heavy atom. The van der Waals surface area contributed by atoms with Gasteiger partial charge in [0.15, 0.2) is 0 Å². The summed E-state index contributed by atoms with van der Waals surface area (Å²) in [6.07, 6.45) is 7.69. The molecule has 0 bridgehead atoms. The maximum atomic E-state index is 12.4. The van der Waals surface area contributed by atoms with Crippen LogP contribution >= 0.6 is 11.3 Å². The largest absolute Gasteiger partial charge is 0.470 e. The third-order valence-corrected chi connectivity index (χ3v) is 5.21. The minimum Gasteiger partial charge on any atom is -0.470 e. The van der Waals surface area contributed by atoms with Gasteiger partial charge in [-0.3, -0.25) is 9.69 Å². The van der Waals surface area contributed by atoms with Crippen LogP contribution in [0.1, 0.15) is 32.1 Å². The van der Waals surface area contributed by atoms with Crippen molar-refractivity contribution in [1.29, 1.82) is 0 Å². The lowest BCUT2D eigenvalue weighted by Crippen LogP contribution is -2.46. The van der Waals surface area contributed by atoms with E-state index in [2.05, 4.69) is 9.88 Å². The average molecular weight is 323 g/mol. The summed E-state index contributed by atoms with van der Waals surface area (Å²) in [7, 11) is 0. The molecule has 3 rings (SSSR count). The summed E-state index contributed by atoms with van der Waals surface area (Å²) in [6, 6.07) is 0. The van der Waals surface area contributed by atoms with Gasteiger partial charge in [0.2, 0.25) is 5.91 Å². The summed E-state index contributed by atoms with van der Waals surface area (Å²) in [6.45, 7) is 5.18. The van der Waals surface area contributed by atoms with Crippen LogP contribution in [0.2, 0.25) is 0 Å². The number of thiazole rings is 1. The fraction of sp³-hybridized carbons (Fsp3) is 0.750. The van der Waals surface area contributed by atoms with Crippen LogP contribution in [0.4, 0.5) is 0 Å². The predicted molar refractivity (Wildman–Crippen MR) is 87.2 cm³/mol. The van der Waals surface area contributed by atoms with E-state index in [0.29, 0.717) is 25.0 Å². The molecule has 1 amide bonds. The molecule has 6 heteroatoms. The minimum atomic E-state index is 0.307. The Bertz CT molecular complexity index is 460. The molecule has 22 heavy (non-hydrogen) atoms. The maximum absolute atomic E-state index is 12.4. The van der Waals surface area contributed by atoms with Crippen LogP contribution in [0.25, 0.3) is 0 Å². The highest BCUT2D eigenvalue weighted by molar-refractivity contribution is 7.11. The molecule has 0 radical (unpaired) electrons. The number of hydrogen-bond donors (Lipinski definition) is 0. The Morgan fingerprint density at radius 2 is 2.14 bits per heavy atom. The van der Waals surface area contributed by atoms with Gasteiger partial charge in [0.25, 0.3) is 5.19 Å². The summed E-state index contributed by atoms with van der Waals surface area (Å²) in [4.78, 5) is 20.9. The van der Waals surface area contributed by atoms with Crippen LogP contribution in [-0.2, 0) is 4.79 Å². The van der Waals surface area contributed by atoms with Crippen molar-refractivity contribution in [1.82, 2.24) is 14.8 Å². The number of carbonyl (C=O) groups excluding carboxylic acids is 1. The summed E-state index contributed by atoms with van der Waals surface area (Å²) >= 11 is 1.53. The summed E-state index contributed by atoms with van der Waals surface area (Å²) < 4.78 is 5.74. The highest BCUT2D eigenvalue weighted by Crippen LogP contribution is 2.20. The Kier molecular flexibility index (Phi) is 5.67. The van der Waals surface area contributed by atoms with E-state index in [1.165, 1.54) is 24.2 Å². The highest BCUT2D eigenvalue weighted by Gasteiger charge is 2.24. The molecule has 2 fully saturated rings. The van der Waals surface area contributed by atoms with Crippen LogP contribution in [-0.4, -0.2) is 60.0 Å². The van der Waals surface area contributed by atoms with Gasteiger partial charge in [-0.05, 0) is 38.6 Å². The zero-order valence-electron chi connectivity index (χ0n) is 13.1. The summed E-state index contributed by atoms with van der Waals surface area (Å²) in [5.74, 6) is 0.813. The molecule has 0 aromatic carbocycles. The molecule has 0 spiro atoms. The first kappa shape index (κ1) is 15.7. The van der Waals surface area contributed by atoms with E-state index in [-0.39, 0.29) is 0 Å². The van der Waals surface area contributed by atoms with Crippen molar-refractivity contribution in [3.8, 4) is 5.19 Å². The van der Waals surface area contributed by atoms with E-state index < -0.39 is 0 Å². The molecule has 5 nitrogen and oxygen atoms in total. The fourth-order valence-corrected chi connectivity index (χ4v) is 3.83. The number of ether oxygens (including phenoxy) is 1. The zero-order chi connectivity index (χ0) is 15.2. The van der Waals surface area contributed by atoms with Gasteiger partial charge in [0.1, 0.15) is 0 Å². The standard InChI is InChI=1S/C16H25N3O2S/c20-15(19-8-2-1-3-9-19)12-18-7-4-5-14(11-18)13-21-16-17-6-10-22-16/h6,10,14H,1-5,7-9,11-13H2. The van der Waals surface area contributed by atoms with Crippen molar-refractivity contribution in [2.45, 2.75) is 32.1 Å². The number of nitrogens with zero attached hydrogens (tertiary/aromatic N) is 3. The average Bonchev–Trinajstić information content (AvgIpc) is 3.08. The zero-order valence-corrected chi connectivity index (χ0v) is 13.9. The minimum absolute atomic E-state index is 0.307. The first-order chi connectivity index (χ1) is 10.8. The number of hydrogen-bond acceptors (Lipinski definition) is 5. The van der Waals surface area contributed by atoms with E-state index in [9.17, 15) is 4.79 Å². The van der Waals surface area contributed by atoms with Crippen molar-refractivity contribution < 1.29 is 9.53 Å².